The van der Waals surface area contributed by atoms with Gasteiger partial charge in [-0.25, -0.2) is 4.68 Å². The number of anilines is 1. The van der Waals surface area contributed by atoms with E-state index in [-0.39, 0.29) is 11.9 Å². The molecule has 8 nitrogen and oxygen atoms in total. The number of rotatable bonds is 6. The van der Waals surface area contributed by atoms with Gasteiger partial charge in [0.25, 0.3) is 5.91 Å². The van der Waals surface area contributed by atoms with E-state index in [9.17, 15) is 9.59 Å². The molecule has 1 aromatic heterocycles. The highest BCUT2D eigenvalue weighted by Crippen LogP contribution is 2.18. The fraction of sp³-hybridized carbons (Fsp3) is 0.444. The second-order valence-corrected chi connectivity index (χ2v) is 6.29. The molecule has 2 heterocycles. The summed E-state index contributed by atoms with van der Waals surface area (Å²) in [6.07, 6.45) is 4.61. The normalized spacial score (nSPS) is 14.8. The Hall–Kier alpha value is -2.74. The van der Waals surface area contributed by atoms with Crippen LogP contribution in [0.5, 0.6) is 0 Å². The van der Waals surface area contributed by atoms with Crippen LogP contribution in [0.3, 0.4) is 0 Å². The van der Waals surface area contributed by atoms with Gasteiger partial charge >= 0.3 is 5.97 Å². The summed E-state index contributed by atoms with van der Waals surface area (Å²) in [6, 6.07) is 7.66. The van der Waals surface area contributed by atoms with E-state index in [4.69, 9.17) is 0 Å². The molecule has 1 amide bonds. The minimum atomic E-state index is -0.285. The Kier molecular flexibility index (Phi) is 5.96. The maximum absolute atomic E-state index is 12.3. The monoisotopic (exact) mass is 357 g/mol. The van der Waals surface area contributed by atoms with Gasteiger partial charge in [-0.15, -0.1) is 5.10 Å². The number of methoxy groups -OCH3 is 1. The average molecular weight is 357 g/mol. The summed E-state index contributed by atoms with van der Waals surface area (Å²) in [7, 11) is 1.38. The number of aryl methyl sites for hydroxylation is 1. The molecule has 0 atom stereocenters. The standard InChI is InChI=1S/C18H23N5O3/c1-26-17(24)7-4-13-2-5-14(6-3-13)20-18(25)16-12-23(22-21-16)15-8-10-19-11-9-15/h2-3,5-6,12,15,19H,4,7-11H2,1H3,(H,20,25). The summed E-state index contributed by atoms with van der Waals surface area (Å²) in [6.45, 7) is 1.91. The molecule has 1 aromatic carbocycles. The van der Waals surface area contributed by atoms with Crippen LogP contribution in [0.1, 0.15) is 41.4 Å². The lowest BCUT2D eigenvalue weighted by atomic mass is 10.1. The summed E-state index contributed by atoms with van der Waals surface area (Å²) in [4.78, 5) is 23.5. The Morgan fingerprint density at radius 3 is 2.69 bits per heavy atom. The van der Waals surface area contributed by atoms with Crippen molar-refractivity contribution in [1.29, 1.82) is 0 Å². The van der Waals surface area contributed by atoms with Crippen LogP contribution >= 0.6 is 0 Å². The average Bonchev–Trinajstić information content (AvgIpc) is 3.18. The fourth-order valence-electron chi connectivity index (χ4n) is 2.93. The van der Waals surface area contributed by atoms with E-state index in [1.54, 1.807) is 10.9 Å². The van der Waals surface area contributed by atoms with Crippen molar-refractivity contribution in [1.82, 2.24) is 20.3 Å². The quantitative estimate of drug-likeness (QED) is 0.762. The van der Waals surface area contributed by atoms with Gasteiger partial charge in [0.15, 0.2) is 5.69 Å². The number of benzene rings is 1. The number of amides is 1. The minimum Gasteiger partial charge on any atom is -0.469 e. The zero-order valence-corrected chi connectivity index (χ0v) is 14.8. The molecule has 138 valence electrons. The molecule has 0 saturated carbocycles. The maximum atomic E-state index is 12.3. The minimum absolute atomic E-state index is 0.237. The number of nitrogens with one attached hydrogen (secondary N) is 2. The Labute approximate surface area is 151 Å². The van der Waals surface area contributed by atoms with Crippen molar-refractivity contribution in [2.45, 2.75) is 31.7 Å². The lowest BCUT2D eigenvalue weighted by Gasteiger charge is -2.22. The predicted octanol–water partition coefficient (Wildman–Crippen LogP) is 1.56. The second-order valence-electron chi connectivity index (χ2n) is 6.29. The third-order valence-electron chi connectivity index (χ3n) is 4.48. The summed E-state index contributed by atoms with van der Waals surface area (Å²) in [5.74, 6) is -0.522. The van der Waals surface area contributed by atoms with Crippen molar-refractivity contribution in [3.8, 4) is 0 Å². The molecule has 0 spiro atoms. The highest BCUT2D eigenvalue weighted by atomic mass is 16.5. The molecule has 1 aliphatic rings. The van der Waals surface area contributed by atoms with E-state index in [1.165, 1.54) is 7.11 Å². The zero-order chi connectivity index (χ0) is 18.4. The largest absolute Gasteiger partial charge is 0.469 e. The third kappa shape index (κ3) is 4.66. The van der Waals surface area contributed by atoms with Gasteiger partial charge in [0.05, 0.1) is 19.3 Å². The van der Waals surface area contributed by atoms with Crippen molar-refractivity contribution < 1.29 is 14.3 Å². The fourth-order valence-corrected chi connectivity index (χ4v) is 2.93. The zero-order valence-electron chi connectivity index (χ0n) is 14.8. The second kappa shape index (κ2) is 8.57. The highest BCUT2D eigenvalue weighted by molar-refractivity contribution is 6.02. The van der Waals surface area contributed by atoms with Gasteiger partial charge in [0.2, 0.25) is 0 Å². The van der Waals surface area contributed by atoms with Gasteiger partial charge in [-0.2, -0.15) is 0 Å². The van der Waals surface area contributed by atoms with Crippen molar-refractivity contribution in [3.05, 3.63) is 41.7 Å². The number of aromatic nitrogens is 3. The number of nitrogens with zero attached hydrogens (tertiary/aromatic N) is 3. The van der Waals surface area contributed by atoms with Gasteiger partial charge in [0, 0.05) is 12.1 Å². The van der Waals surface area contributed by atoms with E-state index >= 15 is 0 Å². The van der Waals surface area contributed by atoms with Crippen LogP contribution in [0.4, 0.5) is 5.69 Å². The molecule has 3 rings (SSSR count). The van der Waals surface area contributed by atoms with Gasteiger partial charge < -0.3 is 15.4 Å². The molecule has 1 fully saturated rings. The topological polar surface area (TPSA) is 98.1 Å². The number of carbonyl (C=O) groups excluding carboxylic acids is 2. The van der Waals surface area contributed by atoms with Gasteiger partial charge in [-0.1, -0.05) is 17.3 Å². The molecular weight excluding hydrogens is 334 g/mol. The summed E-state index contributed by atoms with van der Waals surface area (Å²) < 4.78 is 6.41. The molecular formula is C18H23N5O3. The van der Waals surface area contributed by atoms with Crippen LogP contribution in [-0.2, 0) is 16.0 Å². The smallest absolute Gasteiger partial charge is 0.305 e. The SMILES string of the molecule is COC(=O)CCc1ccc(NC(=O)c2cn(C3CCNCC3)nn2)cc1. The molecule has 8 heteroatoms. The van der Waals surface area contributed by atoms with E-state index in [0.29, 0.717) is 30.3 Å². The van der Waals surface area contributed by atoms with Gasteiger partial charge in [-0.3, -0.25) is 9.59 Å². The first-order chi connectivity index (χ1) is 12.7. The first-order valence-corrected chi connectivity index (χ1v) is 8.75. The molecule has 0 unspecified atom stereocenters. The van der Waals surface area contributed by atoms with Crippen LogP contribution < -0.4 is 10.6 Å². The third-order valence-corrected chi connectivity index (χ3v) is 4.48. The number of hydrogen-bond donors (Lipinski definition) is 2. The number of esters is 1. The van der Waals surface area contributed by atoms with Gasteiger partial charge in [0.1, 0.15) is 0 Å². The number of hydrogen-bond acceptors (Lipinski definition) is 6. The van der Waals surface area contributed by atoms with Crippen LogP contribution in [0.2, 0.25) is 0 Å². The molecule has 1 aliphatic heterocycles. The molecule has 0 bridgehead atoms. The van der Waals surface area contributed by atoms with Crippen LogP contribution in [0, 0.1) is 0 Å². The van der Waals surface area contributed by atoms with E-state index in [0.717, 1.165) is 31.5 Å². The molecule has 26 heavy (non-hydrogen) atoms. The summed E-state index contributed by atoms with van der Waals surface area (Å²) in [5.41, 5.74) is 1.98. The summed E-state index contributed by atoms with van der Waals surface area (Å²) >= 11 is 0. The number of carbonyl (C=O) groups is 2. The molecule has 2 N–H and O–H groups in total. The summed E-state index contributed by atoms with van der Waals surface area (Å²) in [5, 5.41) is 14.2. The molecule has 2 aromatic rings. The molecule has 0 aliphatic carbocycles. The predicted molar refractivity (Wildman–Crippen MR) is 95.9 cm³/mol. The van der Waals surface area contributed by atoms with Crippen molar-refractivity contribution in [3.63, 3.8) is 0 Å². The Morgan fingerprint density at radius 2 is 2.00 bits per heavy atom. The first-order valence-electron chi connectivity index (χ1n) is 8.75. The number of piperidine rings is 1. The Balaban J connectivity index is 1.56. The van der Waals surface area contributed by atoms with E-state index in [1.807, 2.05) is 24.3 Å². The van der Waals surface area contributed by atoms with Crippen molar-refractivity contribution >= 4 is 17.6 Å². The Morgan fingerprint density at radius 1 is 1.27 bits per heavy atom. The highest BCUT2D eigenvalue weighted by Gasteiger charge is 2.18. The van der Waals surface area contributed by atoms with Crippen molar-refractivity contribution in [2.75, 3.05) is 25.5 Å². The first kappa shape index (κ1) is 18.1. The van der Waals surface area contributed by atoms with Crippen molar-refractivity contribution in [2.24, 2.45) is 0 Å². The van der Waals surface area contributed by atoms with Crippen LogP contribution in [0.25, 0.3) is 0 Å². The molecule has 0 radical (unpaired) electrons. The number of ether oxygens (including phenoxy) is 1. The van der Waals surface area contributed by atoms with Crippen LogP contribution in [-0.4, -0.2) is 47.1 Å². The molecule has 1 saturated heterocycles. The van der Waals surface area contributed by atoms with E-state index in [2.05, 4.69) is 25.7 Å². The van der Waals surface area contributed by atoms with E-state index < -0.39 is 0 Å². The van der Waals surface area contributed by atoms with Crippen LogP contribution in [0.15, 0.2) is 30.5 Å². The lowest BCUT2D eigenvalue weighted by Crippen LogP contribution is -2.29. The maximum Gasteiger partial charge on any atom is 0.305 e. The lowest BCUT2D eigenvalue weighted by molar-refractivity contribution is -0.140. The van der Waals surface area contributed by atoms with Gasteiger partial charge in [-0.05, 0) is 50.0 Å². The Bertz CT molecular complexity index is 750.